The van der Waals surface area contributed by atoms with Crippen molar-refractivity contribution < 1.29 is 13.2 Å². The van der Waals surface area contributed by atoms with Crippen molar-refractivity contribution in [1.29, 1.82) is 0 Å². The molecule has 0 radical (unpaired) electrons. The van der Waals surface area contributed by atoms with Gasteiger partial charge >= 0.3 is 6.18 Å². The predicted molar refractivity (Wildman–Crippen MR) is 111 cm³/mol. The summed E-state index contributed by atoms with van der Waals surface area (Å²) in [5.41, 5.74) is 3.35. The van der Waals surface area contributed by atoms with E-state index in [0.29, 0.717) is 22.6 Å². The average molecular weight is 419 g/mol. The van der Waals surface area contributed by atoms with Gasteiger partial charge in [-0.05, 0) is 42.8 Å². The average Bonchev–Trinajstić information content (AvgIpc) is 3.21. The number of fused-ring (bicyclic) bond motifs is 2. The topological polar surface area (TPSA) is 56.5 Å². The highest BCUT2D eigenvalue weighted by molar-refractivity contribution is 5.79. The van der Waals surface area contributed by atoms with Gasteiger partial charge in [0, 0.05) is 17.1 Å². The van der Waals surface area contributed by atoms with Crippen LogP contribution in [0.3, 0.4) is 0 Å². The molecule has 0 fully saturated rings. The first-order valence-corrected chi connectivity index (χ1v) is 9.62. The minimum atomic E-state index is -4.38. The Balaban J connectivity index is 1.54. The SMILES string of the molecule is CC(c1ccc2ncccc2c1)n1cnc2ncc(-c3ccc(C(F)(F)F)cc3)nc21. The van der Waals surface area contributed by atoms with Crippen LogP contribution in [0.25, 0.3) is 33.5 Å². The van der Waals surface area contributed by atoms with Gasteiger partial charge in [0.1, 0.15) is 0 Å². The van der Waals surface area contributed by atoms with Crippen LogP contribution in [-0.2, 0) is 6.18 Å². The lowest BCUT2D eigenvalue weighted by Gasteiger charge is -2.15. The Morgan fingerprint density at radius 3 is 2.52 bits per heavy atom. The van der Waals surface area contributed by atoms with Crippen molar-refractivity contribution in [3.8, 4) is 11.3 Å². The molecule has 5 nitrogen and oxygen atoms in total. The van der Waals surface area contributed by atoms with E-state index in [4.69, 9.17) is 0 Å². The van der Waals surface area contributed by atoms with Crippen LogP contribution >= 0.6 is 0 Å². The Morgan fingerprint density at radius 2 is 1.74 bits per heavy atom. The summed E-state index contributed by atoms with van der Waals surface area (Å²) in [5.74, 6) is 0. The molecule has 8 heteroatoms. The second-order valence-corrected chi connectivity index (χ2v) is 7.26. The zero-order valence-electron chi connectivity index (χ0n) is 16.4. The van der Waals surface area contributed by atoms with E-state index < -0.39 is 11.7 Å². The molecule has 0 saturated heterocycles. The molecular formula is C23H16F3N5. The lowest BCUT2D eigenvalue weighted by Crippen LogP contribution is -2.07. The maximum absolute atomic E-state index is 12.8. The Bertz CT molecular complexity index is 1390. The number of pyridine rings is 1. The van der Waals surface area contributed by atoms with Gasteiger partial charge in [0.25, 0.3) is 0 Å². The number of hydrogen-bond donors (Lipinski definition) is 0. The summed E-state index contributed by atoms with van der Waals surface area (Å²) in [5, 5.41) is 1.03. The Kier molecular flexibility index (Phi) is 4.43. The number of imidazole rings is 1. The number of hydrogen-bond acceptors (Lipinski definition) is 4. The van der Waals surface area contributed by atoms with Gasteiger partial charge in [-0.3, -0.25) is 4.98 Å². The highest BCUT2D eigenvalue weighted by atomic mass is 19.4. The van der Waals surface area contributed by atoms with Crippen molar-refractivity contribution in [2.45, 2.75) is 19.1 Å². The summed E-state index contributed by atoms with van der Waals surface area (Å²) in [6.45, 7) is 2.03. The second kappa shape index (κ2) is 7.16. The minimum absolute atomic E-state index is 0.0771. The van der Waals surface area contributed by atoms with E-state index >= 15 is 0 Å². The molecule has 0 N–H and O–H groups in total. The van der Waals surface area contributed by atoms with E-state index in [1.807, 2.05) is 35.8 Å². The molecule has 5 rings (SSSR count). The van der Waals surface area contributed by atoms with Crippen LogP contribution in [0.1, 0.15) is 24.1 Å². The van der Waals surface area contributed by atoms with Gasteiger partial charge in [-0.15, -0.1) is 0 Å². The van der Waals surface area contributed by atoms with Gasteiger partial charge in [-0.25, -0.2) is 15.0 Å². The first-order chi connectivity index (χ1) is 14.9. The fourth-order valence-corrected chi connectivity index (χ4v) is 3.58. The van der Waals surface area contributed by atoms with E-state index in [1.54, 1.807) is 12.5 Å². The third-order valence-electron chi connectivity index (χ3n) is 5.32. The molecule has 0 aliphatic rings. The van der Waals surface area contributed by atoms with E-state index in [2.05, 4.69) is 26.0 Å². The Labute approximate surface area is 175 Å². The number of rotatable bonds is 3. The molecule has 3 aromatic heterocycles. The molecule has 3 heterocycles. The number of benzene rings is 2. The van der Waals surface area contributed by atoms with Crippen molar-refractivity contribution in [1.82, 2.24) is 24.5 Å². The molecular weight excluding hydrogens is 403 g/mol. The van der Waals surface area contributed by atoms with E-state index in [9.17, 15) is 13.2 Å². The van der Waals surface area contributed by atoms with E-state index in [0.717, 1.165) is 28.6 Å². The van der Waals surface area contributed by atoms with E-state index in [1.165, 1.54) is 18.3 Å². The van der Waals surface area contributed by atoms with Crippen molar-refractivity contribution in [2.75, 3.05) is 0 Å². The van der Waals surface area contributed by atoms with E-state index in [-0.39, 0.29) is 6.04 Å². The standard InChI is InChI=1S/C23H16F3N5/c1-14(16-6-9-19-17(11-16)3-2-10-27-19)31-13-29-21-22(31)30-20(12-28-21)15-4-7-18(8-5-15)23(24,25)26/h2-14H,1H3. The first-order valence-electron chi connectivity index (χ1n) is 9.62. The molecule has 2 aromatic carbocycles. The molecule has 1 atom stereocenters. The lowest BCUT2D eigenvalue weighted by atomic mass is 10.1. The zero-order valence-corrected chi connectivity index (χ0v) is 16.4. The molecule has 0 amide bonds. The first kappa shape index (κ1) is 19.2. The van der Waals surface area contributed by atoms with Gasteiger partial charge in [-0.2, -0.15) is 13.2 Å². The summed E-state index contributed by atoms with van der Waals surface area (Å²) >= 11 is 0. The van der Waals surface area contributed by atoms with Crippen LogP contribution in [0, 0.1) is 0 Å². The quantitative estimate of drug-likeness (QED) is 0.378. The monoisotopic (exact) mass is 419 g/mol. The van der Waals surface area contributed by atoms with Crippen LogP contribution in [0.2, 0.25) is 0 Å². The second-order valence-electron chi connectivity index (χ2n) is 7.26. The van der Waals surface area contributed by atoms with Crippen LogP contribution in [-0.4, -0.2) is 24.5 Å². The maximum Gasteiger partial charge on any atom is 0.416 e. The molecule has 5 aromatic rings. The zero-order chi connectivity index (χ0) is 21.6. The molecule has 0 bridgehead atoms. The van der Waals surface area contributed by atoms with Crippen molar-refractivity contribution in [2.24, 2.45) is 0 Å². The smallest absolute Gasteiger partial charge is 0.307 e. The Morgan fingerprint density at radius 1 is 0.935 bits per heavy atom. The highest BCUT2D eigenvalue weighted by Gasteiger charge is 2.30. The van der Waals surface area contributed by atoms with Crippen molar-refractivity contribution in [3.05, 3.63) is 84.4 Å². The summed E-state index contributed by atoms with van der Waals surface area (Å²) in [6, 6.07) is 14.8. The van der Waals surface area contributed by atoms with Crippen LogP contribution in [0.5, 0.6) is 0 Å². The van der Waals surface area contributed by atoms with Crippen LogP contribution in [0.4, 0.5) is 13.2 Å². The largest absolute Gasteiger partial charge is 0.416 e. The predicted octanol–water partition coefficient (Wildman–Crippen LogP) is 5.67. The van der Waals surface area contributed by atoms with Gasteiger partial charge in [0.2, 0.25) is 0 Å². The van der Waals surface area contributed by atoms with Crippen molar-refractivity contribution >= 4 is 22.2 Å². The molecule has 1 unspecified atom stereocenters. The number of alkyl halides is 3. The molecule has 0 spiro atoms. The number of halogens is 3. The molecule has 154 valence electrons. The fourth-order valence-electron chi connectivity index (χ4n) is 3.58. The van der Waals surface area contributed by atoms with Gasteiger partial charge in [0.15, 0.2) is 11.3 Å². The third kappa shape index (κ3) is 3.50. The molecule has 0 aliphatic heterocycles. The van der Waals surface area contributed by atoms with Crippen molar-refractivity contribution in [3.63, 3.8) is 0 Å². The maximum atomic E-state index is 12.8. The lowest BCUT2D eigenvalue weighted by molar-refractivity contribution is -0.137. The molecule has 0 saturated carbocycles. The summed E-state index contributed by atoms with van der Waals surface area (Å²) in [6.07, 6.45) is 0.582. The van der Waals surface area contributed by atoms with Gasteiger partial charge in [-0.1, -0.05) is 24.3 Å². The molecule has 0 aliphatic carbocycles. The molecule has 31 heavy (non-hydrogen) atoms. The fraction of sp³-hybridized carbons (Fsp3) is 0.130. The summed E-state index contributed by atoms with van der Waals surface area (Å²) in [4.78, 5) is 17.7. The normalized spacial score (nSPS) is 13.0. The van der Waals surface area contributed by atoms with Crippen LogP contribution < -0.4 is 0 Å². The van der Waals surface area contributed by atoms with Gasteiger partial charge in [0.05, 0.1) is 35.3 Å². The highest BCUT2D eigenvalue weighted by Crippen LogP contribution is 2.31. The summed E-state index contributed by atoms with van der Waals surface area (Å²) < 4.78 is 40.4. The summed E-state index contributed by atoms with van der Waals surface area (Å²) in [7, 11) is 0. The minimum Gasteiger partial charge on any atom is -0.307 e. The number of aromatic nitrogens is 5. The van der Waals surface area contributed by atoms with Gasteiger partial charge < -0.3 is 4.57 Å². The third-order valence-corrected chi connectivity index (χ3v) is 5.32. The van der Waals surface area contributed by atoms with Crippen LogP contribution in [0.15, 0.2) is 73.3 Å². The Hall–Kier alpha value is -3.81. The number of nitrogens with zero attached hydrogens (tertiary/aromatic N) is 5.